The van der Waals surface area contributed by atoms with Gasteiger partial charge in [-0.3, -0.25) is 4.79 Å². The van der Waals surface area contributed by atoms with Crippen LogP contribution in [-0.2, 0) is 11.2 Å². The molecular formula is C22H29N3O2S. The minimum atomic E-state index is 0.364. The van der Waals surface area contributed by atoms with Crippen molar-refractivity contribution in [2.45, 2.75) is 57.3 Å². The van der Waals surface area contributed by atoms with Crippen LogP contribution < -0.4 is 4.74 Å². The molecule has 0 atom stereocenters. The highest BCUT2D eigenvalue weighted by Crippen LogP contribution is 2.32. The van der Waals surface area contributed by atoms with Crippen LogP contribution in [0.15, 0.2) is 24.3 Å². The van der Waals surface area contributed by atoms with Crippen molar-refractivity contribution in [3.05, 3.63) is 39.8 Å². The minimum Gasteiger partial charge on any atom is -0.497 e. The van der Waals surface area contributed by atoms with Crippen LogP contribution in [0.25, 0.3) is 0 Å². The third-order valence-electron chi connectivity index (χ3n) is 6.13. The predicted molar refractivity (Wildman–Crippen MR) is 111 cm³/mol. The lowest BCUT2D eigenvalue weighted by molar-refractivity contribution is -0.133. The fourth-order valence-corrected chi connectivity index (χ4v) is 5.43. The van der Waals surface area contributed by atoms with E-state index < -0.39 is 0 Å². The maximum Gasteiger partial charge on any atom is 0.222 e. The molecule has 1 saturated heterocycles. The first-order chi connectivity index (χ1) is 13.7. The van der Waals surface area contributed by atoms with E-state index >= 15 is 0 Å². The third-order valence-corrected chi connectivity index (χ3v) is 7.22. The van der Waals surface area contributed by atoms with E-state index in [-0.39, 0.29) is 0 Å². The second-order valence-corrected chi connectivity index (χ2v) is 9.16. The van der Waals surface area contributed by atoms with Gasteiger partial charge < -0.3 is 9.64 Å². The smallest absolute Gasteiger partial charge is 0.222 e. The highest BCUT2D eigenvalue weighted by Gasteiger charge is 2.28. The van der Waals surface area contributed by atoms with E-state index in [2.05, 4.69) is 27.2 Å². The molecule has 2 fully saturated rings. The number of rotatable bonds is 6. The molecule has 1 aromatic carbocycles. The number of methoxy groups -OCH3 is 1. The normalized spacial score (nSPS) is 18.5. The Morgan fingerprint density at radius 1 is 1.11 bits per heavy atom. The lowest BCUT2D eigenvalue weighted by Gasteiger charge is -2.31. The lowest BCUT2D eigenvalue weighted by Crippen LogP contribution is -2.38. The fraction of sp³-hybridized carbons (Fsp3) is 0.591. The highest BCUT2D eigenvalue weighted by atomic mass is 32.1. The van der Waals surface area contributed by atoms with E-state index in [4.69, 9.17) is 4.74 Å². The average Bonchev–Trinajstić information content (AvgIpc) is 3.41. The number of piperidine rings is 1. The Morgan fingerprint density at radius 3 is 2.50 bits per heavy atom. The number of ether oxygens (including phenoxy) is 1. The average molecular weight is 400 g/mol. The van der Waals surface area contributed by atoms with E-state index in [0.29, 0.717) is 17.7 Å². The van der Waals surface area contributed by atoms with Crippen LogP contribution in [0, 0.1) is 5.92 Å². The highest BCUT2D eigenvalue weighted by molar-refractivity contribution is 7.11. The van der Waals surface area contributed by atoms with E-state index in [1.165, 1.54) is 31.2 Å². The third kappa shape index (κ3) is 4.72. The van der Waals surface area contributed by atoms with Crippen molar-refractivity contribution in [3.63, 3.8) is 0 Å². The number of carbonyl (C=O) groups is 1. The number of amides is 1. The van der Waals surface area contributed by atoms with Gasteiger partial charge in [0.15, 0.2) is 0 Å². The minimum absolute atomic E-state index is 0.364. The van der Waals surface area contributed by atoms with Gasteiger partial charge in [-0.05, 0) is 49.3 Å². The van der Waals surface area contributed by atoms with Crippen molar-refractivity contribution >= 4 is 17.2 Å². The monoisotopic (exact) mass is 399 g/mol. The van der Waals surface area contributed by atoms with Crippen LogP contribution in [0.2, 0.25) is 0 Å². The molecule has 28 heavy (non-hydrogen) atoms. The maximum absolute atomic E-state index is 12.5. The molecule has 6 heteroatoms. The predicted octanol–water partition coefficient (Wildman–Crippen LogP) is 4.42. The first-order valence-electron chi connectivity index (χ1n) is 10.4. The Hall–Kier alpha value is -1.95. The Balaban J connectivity index is 1.28. The number of aromatic nitrogens is 2. The Kier molecular flexibility index (Phi) is 6.25. The van der Waals surface area contributed by atoms with Crippen LogP contribution in [0.3, 0.4) is 0 Å². The van der Waals surface area contributed by atoms with Crippen LogP contribution in [0.4, 0.5) is 0 Å². The SMILES string of the molecule is COc1ccc(Cc2nnc(C3CCN(C(=O)CC4CCCC4)CC3)s2)cc1. The van der Waals surface area contributed by atoms with E-state index in [0.717, 1.165) is 54.5 Å². The lowest BCUT2D eigenvalue weighted by atomic mass is 9.96. The van der Waals surface area contributed by atoms with Crippen LogP contribution >= 0.6 is 11.3 Å². The summed E-state index contributed by atoms with van der Waals surface area (Å²) in [7, 11) is 1.68. The molecular weight excluding hydrogens is 370 g/mol. The topological polar surface area (TPSA) is 55.3 Å². The summed E-state index contributed by atoms with van der Waals surface area (Å²) < 4.78 is 5.21. The van der Waals surface area contributed by atoms with Gasteiger partial charge in [0.1, 0.15) is 15.8 Å². The molecule has 1 aliphatic heterocycles. The molecule has 0 bridgehead atoms. The van der Waals surface area contributed by atoms with Gasteiger partial charge in [-0.25, -0.2) is 0 Å². The summed E-state index contributed by atoms with van der Waals surface area (Å²) in [6.07, 6.45) is 8.66. The summed E-state index contributed by atoms with van der Waals surface area (Å²) in [4.78, 5) is 14.6. The zero-order valence-electron chi connectivity index (χ0n) is 16.6. The van der Waals surface area contributed by atoms with Gasteiger partial charge in [-0.1, -0.05) is 25.0 Å². The molecule has 0 N–H and O–H groups in total. The van der Waals surface area contributed by atoms with Gasteiger partial charge in [-0.2, -0.15) is 0 Å². The molecule has 1 aromatic heterocycles. The Morgan fingerprint density at radius 2 is 1.82 bits per heavy atom. The molecule has 4 rings (SSSR count). The second-order valence-electron chi connectivity index (χ2n) is 8.07. The van der Waals surface area contributed by atoms with Gasteiger partial charge in [0.25, 0.3) is 0 Å². The number of likely N-dealkylation sites (tertiary alicyclic amines) is 1. The largest absolute Gasteiger partial charge is 0.497 e. The summed E-state index contributed by atoms with van der Waals surface area (Å²) in [5.74, 6) is 2.31. The summed E-state index contributed by atoms with van der Waals surface area (Å²) in [6.45, 7) is 1.73. The molecule has 2 aliphatic rings. The molecule has 1 amide bonds. The fourth-order valence-electron chi connectivity index (χ4n) is 4.39. The van der Waals surface area contributed by atoms with Gasteiger partial charge >= 0.3 is 0 Å². The first kappa shape index (κ1) is 19.4. The van der Waals surface area contributed by atoms with Crippen LogP contribution in [0.5, 0.6) is 5.75 Å². The zero-order valence-corrected chi connectivity index (χ0v) is 17.4. The molecule has 0 radical (unpaired) electrons. The summed E-state index contributed by atoms with van der Waals surface area (Å²) in [5, 5.41) is 11.1. The van der Waals surface area contributed by atoms with Crippen molar-refractivity contribution in [1.29, 1.82) is 0 Å². The molecule has 1 aliphatic carbocycles. The summed E-state index contributed by atoms with van der Waals surface area (Å²) in [5.41, 5.74) is 1.22. The van der Waals surface area contributed by atoms with Crippen molar-refractivity contribution in [3.8, 4) is 5.75 Å². The number of nitrogens with zero attached hydrogens (tertiary/aromatic N) is 3. The molecule has 2 heterocycles. The molecule has 150 valence electrons. The quantitative estimate of drug-likeness (QED) is 0.721. The van der Waals surface area contributed by atoms with Gasteiger partial charge in [0, 0.05) is 31.8 Å². The van der Waals surface area contributed by atoms with Crippen molar-refractivity contribution < 1.29 is 9.53 Å². The Labute approximate surface area is 171 Å². The molecule has 0 spiro atoms. The zero-order chi connectivity index (χ0) is 19.3. The summed E-state index contributed by atoms with van der Waals surface area (Å²) >= 11 is 1.72. The first-order valence-corrected chi connectivity index (χ1v) is 11.3. The van der Waals surface area contributed by atoms with Gasteiger partial charge in [-0.15, -0.1) is 21.5 Å². The molecule has 1 saturated carbocycles. The number of carbonyl (C=O) groups excluding carboxylic acids is 1. The van der Waals surface area contributed by atoms with Gasteiger partial charge in [0.05, 0.1) is 7.11 Å². The number of hydrogen-bond acceptors (Lipinski definition) is 5. The van der Waals surface area contributed by atoms with E-state index in [1.807, 2.05) is 12.1 Å². The number of benzene rings is 1. The standard InChI is InChI=1S/C22H29N3O2S/c1-27-19-8-6-17(7-9-19)14-20-23-24-22(28-20)18-10-12-25(13-11-18)21(26)15-16-4-2-3-5-16/h6-9,16,18H,2-5,10-15H2,1H3. The molecule has 0 unspecified atom stereocenters. The van der Waals surface area contributed by atoms with E-state index in [1.54, 1.807) is 18.4 Å². The summed E-state index contributed by atoms with van der Waals surface area (Å²) in [6, 6.07) is 8.12. The van der Waals surface area contributed by atoms with Crippen LogP contribution in [0.1, 0.15) is 66.4 Å². The van der Waals surface area contributed by atoms with Crippen LogP contribution in [-0.4, -0.2) is 41.2 Å². The van der Waals surface area contributed by atoms with Crippen molar-refractivity contribution in [2.24, 2.45) is 5.92 Å². The molecule has 2 aromatic rings. The second kappa shape index (κ2) is 9.03. The van der Waals surface area contributed by atoms with Crippen molar-refractivity contribution in [2.75, 3.05) is 20.2 Å². The van der Waals surface area contributed by atoms with Gasteiger partial charge in [0.2, 0.25) is 5.91 Å². The Bertz CT molecular complexity index is 775. The van der Waals surface area contributed by atoms with Crippen molar-refractivity contribution in [1.82, 2.24) is 15.1 Å². The number of hydrogen-bond donors (Lipinski definition) is 0. The maximum atomic E-state index is 12.5. The van der Waals surface area contributed by atoms with E-state index in [9.17, 15) is 4.79 Å². The molecule has 5 nitrogen and oxygen atoms in total.